The van der Waals surface area contributed by atoms with Crippen molar-refractivity contribution in [1.82, 2.24) is 0 Å². The third-order valence-corrected chi connectivity index (χ3v) is 2.68. The van der Waals surface area contributed by atoms with Gasteiger partial charge < -0.3 is 5.32 Å². The van der Waals surface area contributed by atoms with Crippen LogP contribution in [0.5, 0.6) is 0 Å². The van der Waals surface area contributed by atoms with Gasteiger partial charge in [0.1, 0.15) is 0 Å². The topological polar surface area (TPSA) is 52.9 Å². The molecule has 0 atom stereocenters. The highest BCUT2D eigenvalue weighted by atomic mass is 32.1. The van der Waals surface area contributed by atoms with E-state index in [4.69, 9.17) is 5.26 Å². The highest BCUT2D eigenvalue weighted by Crippen LogP contribution is 2.13. The van der Waals surface area contributed by atoms with Crippen LogP contribution in [0.4, 0.5) is 5.69 Å². The van der Waals surface area contributed by atoms with Gasteiger partial charge in [0.2, 0.25) is 0 Å². The summed E-state index contributed by atoms with van der Waals surface area (Å²) in [6.07, 6.45) is 0. The zero-order chi connectivity index (χ0) is 13.0. The fourth-order valence-corrected chi connectivity index (χ4v) is 1.63. The minimum absolute atomic E-state index is 0.210. The molecule has 2 aromatic rings. The van der Waals surface area contributed by atoms with E-state index in [1.54, 1.807) is 48.5 Å². The number of nitrogens with zero attached hydrogens (tertiary/aromatic N) is 1. The highest BCUT2D eigenvalue weighted by molar-refractivity contribution is 7.80. The van der Waals surface area contributed by atoms with Crippen molar-refractivity contribution in [1.29, 1.82) is 5.26 Å². The molecule has 0 fully saturated rings. The predicted molar refractivity (Wildman–Crippen MR) is 72.8 cm³/mol. The number of hydrogen-bond acceptors (Lipinski definition) is 3. The van der Waals surface area contributed by atoms with E-state index in [1.165, 1.54) is 0 Å². The van der Waals surface area contributed by atoms with Gasteiger partial charge in [0, 0.05) is 16.1 Å². The number of hydrogen-bond donors (Lipinski definition) is 2. The first-order valence-corrected chi connectivity index (χ1v) is 5.74. The Bertz CT molecular complexity index is 614. The first-order chi connectivity index (χ1) is 8.69. The molecule has 0 unspecified atom stereocenters. The van der Waals surface area contributed by atoms with Crippen molar-refractivity contribution in [2.24, 2.45) is 0 Å². The molecule has 0 aliphatic rings. The van der Waals surface area contributed by atoms with Crippen molar-refractivity contribution in [3.63, 3.8) is 0 Å². The van der Waals surface area contributed by atoms with Crippen LogP contribution >= 0.6 is 12.6 Å². The number of nitrogens with one attached hydrogen (secondary N) is 1. The number of carbonyl (C=O) groups is 1. The lowest BCUT2D eigenvalue weighted by molar-refractivity contribution is 0.102. The standard InChI is InChI=1S/C14H10N2OS/c15-9-10-2-1-3-12(8-10)16-14(17)11-4-6-13(18)7-5-11/h1-8,18H,(H,16,17). The smallest absolute Gasteiger partial charge is 0.255 e. The molecule has 0 aliphatic carbocycles. The van der Waals surface area contributed by atoms with Crippen molar-refractivity contribution < 1.29 is 4.79 Å². The van der Waals surface area contributed by atoms with E-state index in [0.717, 1.165) is 4.90 Å². The van der Waals surface area contributed by atoms with E-state index < -0.39 is 0 Å². The van der Waals surface area contributed by atoms with E-state index in [-0.39, 0.29) is 5.91 Å². The lowest BCUT2D eigenvalue weighted by Gasteiger charge is -2.05. The number of benzene rings is 2. The van der Waals surface area contributed by atoms with Crippen LogP contribution in [0.2, 0.25) is 0 Å². The second-order valence-electron chi connectivity index (χ2n) is 3.69. The van der Waals surface area contributed by atoms with E-state index in [1.807, 2.05) is 6.07 Å². The van der Waals surface area contributed by atoms with Crippen LogP contribution in [-0.4, -0.2) is 5.91 Å². The maximum atomic E-state index is 11.9. The Morgan fingerprint density at radius 3 is 2.56 bits per heavy atom. The Hall–Kier alpha value is -2.25. The average molecular weight is 254 g/mol. The summed E-state index contributed by atoms with van der Waals surface area (Å²) in [5.41, 5.74) is 1.67. The summed E-state index contributed by atoms with van der Waals surface area (Å²) >= 11 is 4.16. The second kappa shape index (κ2) is 5.39. The van der Waals surface area contributed by atoms with E-state index >= 15 is 0 Å². The van der Waals surface area contributed by atoms with Gasteiger partial charge in [-0.1, -0.05) is 6.07 Å². The van der Waals surface area contributed by atoms with Crippen molar-refractivity contribution >= 4 is 24.2 Å². The molecule has 0 spiro atoms. The first kappa shape index (κ1) is 12.2. The van der Waals surface area contributed by atoms with Crippen molar-refractivity contribution in [2.75, 3.05) is 5.32 Å². The Balaban J connectivity index is 2.16. The largest absolute Gasteiger partial charge is 0.322 e. The summed E-state index contributed by atoms with van der Waals surface area (Å²) in [7, 11) is 0. The molecule has 0 bridgehead atoms. The normalized spacial score (nSPS) is 9.56. The predicted octanol–water partition coefficient (Wildman–Crippen LogP) is 3.10. The number of amides is 1. The minimum atomic E-state index is -0.210. The first-order valence-electron chi connectivity index (χ1n) is 5.29. The summed E-state index contributed by atoms with van der Waals surface area (Å²) in [4.78, 5) is 12.7. The fraction of sp³-hybridized carbons (Fsp3) is 0. The van der Waals surface area contributed by atoms with E-state index in [0.29, 0.717) is 16.8 Å². The molecule has 3 nitrogen and oxygen atoms in total. The number of rotatable bonds is 2. The molecule has 0 heterocycles. The Morgan fingerprint density at radius 1 is 1.17 bits per heavy atom. The number of carbonyl (C=O) groups excluding carboxylic acids is 1. The van der Waals surface area contributed by atoms with Crippen LogP contribution in [0.3, 0.4) is 0 Å². The molecule has 1 N–H and O–H groups in total. The second-order valence-corrected chi connectivity index (χ2v) is 4.21. The third kappa shape index (κ3) is 2.90. The summed E-state index contributed by atoms with van der Waals surface area (Å²) in [6, 6.07) is 15.7. The van der Waals surface area contributed by atoms with Crippen LogP contribution in [0, 0.1) is 11.3 Å². The zero-order valence-corrected chi connectivity index (χ0v) is 10.3. The molecule has 0 aromatic heterocycles. The molecular weight excluding hydrogens is 244 g/mol. The molecule has 0 radical (unpaired) electrons. The summed E-state index contributed by atoms with van der Waals surface area (Å²) in [5.74, 6) is -0.210. The van der Waals surface area contributed by atoms with Gasteiger partial charge in [-0.25, -0.2) is 0 Å². The summed E-state index contributed by atoms with van der Waals surface area (Å²) in [5, 5.41) is 11.5. The molecule has 0 aliphatic heterocycles. The molecule has 0 saturated carbocycles. The van der Waals surface area contributed by atoms with Gasteiger partial charge in [0.25, 0.3) is 5.91 Å². The molecule has 2 rings (SSSR count). The van der Waals surface area contributed by atoms with Gasteiger partial charge in [-0.05, 0) is 42.5 Å². The molecule has 18 heavy (non-hydrogen) atoms. The lowest BCUT2D eigenvalue weighted by atomic mass is 10.2. The number of thiol groups is 1. The molecule has 2 aromatic carbocycles. The van der Waals surface area contributed by atoms with Crippen molar-refractivity contribution in [3.05, 3.63) is 59.7 Å². The molecule has 0 saturated heterocycles. The average Bonchev–Trinajstić information content (AvgIpc) is 2.39. The summed E-state index contributed by atoms with van der Waals surface area (Å²) < 4.78 is 0. The van der Waals surface area contributed by atoms with Crippen LogP contribution in [0.1, 0.15) is 15.9 Å². The SMILES string of the molecule is N#Cc1cccc(NC(=O)c2ccc(S)cc2)c1. The third-order valence-electron chi connectivity index (χ3n) is 2.38. The molecule has 1 amide bonds. The number of nitriles is 1. The maximum Gasteiger partial charge on any atom is 0.255 e. The zero-order valence-electron chi connectivity index (χ0n) is 9.42. The van der Waals surface area contributed by atoms with Gasteiger partial charge in [-0.2, -0.15) is 5.26 Å². The van der Waals surface area contributed by atoms with E-state index in [2.05, 4.69) is 17.9 Å². The van der Waals surface area contributed by atoms with Gasteiger partial charge in [-0.15, -0.1) is 12.6 Å². The van der Waals surface area contributed by atoms with Gasteiger partial charge in [0.15, 0.2) is 0 Å². The van der Waals surface area contributed by atoms with Crippen LogP contribution < -0.4 is 5.32 Å². The van der Waals surface area contributed by atoms with Crippen molar-refractivity contribution in [3.8, 4) is 6.07 Å². The monoisotopic (exact) mass is 254 g/mol. The Morgan fingerprint density at radius 2 is 1.89 bits per heavy atom. The van der Waals surface area contributed by atoms with E-state index in [9.17, 15) is 4.79 Å². The van der Waals surface area contributed by atoms with Gasteiger partial charge >= 0.3 is 0 Å². The van der Waals surface area contributed by atoms with Crippen molar-refractivity contribution in [2.45, 2.75) is 4.90 Å². The maximum absolute atomic E-state index is 11.9. The minimum Gasteiger partial charge on any atom is -0.322 e. The molecule has 4 heteroatoms. The Kier molecular flexibility index (Phi) is 3.66. The molecular formula is C14H10N2OS. The van der Waals surface area contributed by atoms with Crippen LogP contribution in [0.25, 0.3) is 0 Å². The quantitative estimate of drug-likeness (QED) is 0.809. The highest BCUT2D eigenvalue weighted by Gasteiger charge is 2.05. The van der Waals surface area contributed by atoms with Crippen LogP contribution in [0.15, 0.2) is 53.4 Å². The van der Waals surface area contributed by atoms with Gasteiger partial charge in [0.05, 0.1) is 11.6 Å². The lowest BCUT2D eigenvalue weighted by Crippen LogP contribution is -2.11. The fourth-order valence-electron chi connectivity index (χ4n) is 1.48. The van der Waals surface area contributed by atoms with Crippen LogP contribution in [-0.2, 0) is 0 Å². The van der Waals surface area contributed by atoms with Gasteiger partial charge in [-0.3, -0.25) is 4.79 Å². The Labute approximate surface area is 110 Å². The number of anilines is 1. The summed E-state index contributed by atoms with van der Waals surface area (Å²) in [6.45, 7) is 0. The molecule has 88 valence electrons.